The summed E-state index contributed by atoms with van der Waals surface area (Å²) in [4.78, 5) is 10.7. The van der Waals surface area contributed by atoms with Crippen LogP contribution in [-0.2, 0) is 16.1 Å². The number of likely N-dealkylation sites (N-methyl/N-ethyl adjacent to an activating group) is 1. The minimum Gasteiger partial charge on any atom is -0.379 e. The highest BCUT2D eigenvalue weighted by Crippen LogP contribution is 2.28. The largest absolute Gasteiger partial charge is 0.379 e. The number of rotatable bonds is 9. The van der Waals surface area contributed by atoms with Crippen molar-refractivity contribution in [3.8, 4) is 0 Å². The van der Waals surface area contributed by atoms with Gasteiger partial charge in [-0.1, -0.05) is 0 Å². The predicted molar refractivity (Wildman–Crippen MR) is 77.4 cm³/mol. The molecule has 1 heterocycles. The zero-order chi connectivity index (χ0) is 14.4. The molecule has 7 heteroatoms. The molecular weight excluding hydrogens is 258 g/mol. The van der Waals surface area contributed by atoms with Crippen molar-refractivity contribution in [2.24, 2.45) is 11.8 Å². The molecule has 0 unspecified atom stereocenters. The number of nitrogens with two attached hydrogens (primary N) is 1. The topological polar surface area (TPSA) is 85.5 Å². The lowest BCUT2D eigenvalue weighted by molar-refractivity contribution is 0.130. The van der Waals surface area contributed by atoms with Crippen molar-refractivity contribution < 1.29 is 9.47 Å². The van der Waals surface area contributed by atoms with E-state index in [2.05, 4.69) is 15.4 Å². The van der Waals surface area contributed by atoms with E-state index in [1.165, 1.54) is 12.8 Å². The Morgan fingerprint density at radius 2 is 2.25 bits per heavy atom. The van der Waals surface area contributed by atoms with Gasteiger partial charge in [0.1, 0.15) is 18.2 Å². The molecular formula is C13H23N5O2. The van der Waals surface area contributed by atoms with Crippen molar-refractivity contribution in [3.05, 3.63) is 11.9 Å². The first-order chi connectivity index (χ1) is 9.72. The van der Waals surface area contributed by atoms with Gasteiger partial charge in [0.2, 0.25) is 0 Å². The summed E-state index contributed by atoms with van der Waals surface area (Å²) >= 11 is 0. The van der Waals surface area contributed by atoms with Gasteiger partial charge in [0.15, 0.2) is 5.82 Å². The Kier molecular flexibility index (Phi) is 5.51. The van der Waals surface area contributed by atoms with E-state index >= 15 is 0 Å². The molecule has 1 aliphatic carbocycles. The van der Waals surface area contributed by atoms with Crippen molar-refractivity contribution in [3.63, 3.8) is 0 Å². The number of hydrogen-bond donors (Lipinski definition) is 2. The van der Waals surface area contributed by atoms with Crippen LogP contribution in [0.15, 0.2) is 6.07 Å². The van der Waals surface area contributed by atoms with Gasteiger partial charge in [-0.3, -0.25) is 0 Å². The molecule has 2 rings (SSSR count). The Morgan fingerprint density at radius 1 is 1.45 bits per heavy atom. The standard InChI is InChI=1S/C13H23N5O2/c1-18(5-6-20-8-10-3-4-10)13-7-11(17-14)15-12(16-13)9-19-2/h7,10H,3-6,8-9,14H2,1-2H3,(H,15,16,17). The normalized spacial score (nSPS) is 14.3. The van der Waals surface area contributed by atoms with E-state index in [9.17, 15) is 0 Å². The lowest BCUT2D eigenvalue weighted by Gasteiger charge is -2.19. The summed E-state index contributed by atoms with van der Waals surface area (Å²) in [6.07, 6.45) is 2.63. The molecule has 1 saturated carbocycles. The second-order valence-corrected chi connectivity index (χ2v) is 5.04. The van der Waals surface area contributed by atoms with Crippen LogP contribution in [0.1, 0.15) is 18.7 Å². The number of aromatic nitrogens is 2. The number of nitrogen functional groups attached to an aromatic ring is 1. The summed E-state index contributed by atoms with van der Waals surface area (Å²) in [7, 11) is 3.58. The number of methoxy groups -OCH3 is 1. The van der Waals surface area contributed by atoms with Gasteiger partial charge in [0, 0.05) is 33.4 Å². The lowest BCUT2D eigenvalue weighted by Crippen LogP contribution is -2.25. The molecule has 0 radical (unpaired) electrons. The van der Waals surface area contributed by atoms with E-state index in [1.54, 1.807) is 13.2 Å². The second kappa shape index (κ2) is 7.37. The highest BCUT2D eigenvalue weighted by molar-refractivity contribution is 5.48. The van der Waals surface area contributed by atoms with Gasteiger partial charge in [-0.25, -0.2) is 15.8 Å². The number of hydrazine groups is 1. The molecule has 7 nitrogen and oxygen atoms in total. The Bertz CT molecular complexity index is 425. The molecule has 3 N–H and O–H groups in total. The van der Waals surface area contributed by atoms with E-state index in [0.717, 1.165) is 24.9 Å². The van der Waals surface area contributed by atoms with E-state index in [4.69, 9.17) is 15.3 Å². The quantitative estimate of drug-likeness (QED) is 0.393. The molecule has 1 aliphatic rings. The zero-order valence-corrected chi connectivity index (χ0v) is 12.1. The Morgan fingerprint density at radius 3 is 2.90 bits per heavy atom. The summed E-state index contributed by atoms with van der Waals surface area (Å²) in [6.45, 7) is 2.71. The van der Waals surface area contributed by atoms with Crippen LogP contribution in [0.5, 0.6) is 0 Å². The average Bonchev–Trinajstić information content (AvgIpc) is 3.27. The van der Waals surface area contributed by atoms with Crippen molar-refractivity contribution in [1.29, 1.82) is 0 Å². The molecule has 1 fully saturated rings. The smallest absolute Gasteiger partial charge is 0.158 e. The van der Waals surface area contributed by atoms with Crippen LogP contribution in [-0.4, -0.2) is 43.9 Å². The van der Waals surface area contributed by atoms with E-state index in [-0.39, 0.29) is 0 Å². The first-order valence-electron chi connectivity index (χ1n) is 6.85. The Labute approximate surface area is 119 Å². The monoisotopic (exact) mass is 281 g/mol. The highest BCUT2D eigenvalue weighted by Gasteiger charge is 2.21. The summed E-state index contributed by atoms with van der Waals surface area (Å²) in [6, 6.07) is 1.81. The summed E-state index contributed by atoms with van der Waals surface area (Å²) < 4.78 is 10.7. The van der Waals surface area contributed by atoms with Crippen molar-refractivity contribution in [2.45, 2.75) is 19.4 Å². The van der Waals surface area contributed by atoms with Crippen LogP contribution in [0.2, 0.25) is 0 Å². The number of anilines is 2. The van der Waals surface area contributed by atoms with Crippen LogP contribution in [0.4, 0.5) is 11.6 Å². The van der Waals surface area contributed by atoms with Gasteiger partial charge in [0.05, 0.1) is 6.61 Å². The van der Waals surface area contributed by atoms with Gasteiger partial charge in [-0.15, -0.1) is 0 Å². The second-order valence-electron chi connectivity index (χ2n) is 5.04. The fourth-order valence-corrected chi connectivity index (χ4v) is 1.80. The third kappa shape index (κ3) is 4.59. The molecule has 0 saturated heterocycles. The molecule has 1 aromatic rings. The number of ether oxygens (including phenoxy) is 2. The summed E-state index contributed by atoms with van der Waals surface area (Å²) in [5.74, 6) is 8.19. The minimum atomic E-state index is 0.356. The SMILES string of the molecule is COCc1nc(NN)cc(N(C)CCOCC2CC2)n1. The third-order valence-electron chi connectivity index (χ3n) is 3.19. The van der Waals surface area contributed by atoms with Crippen molar-refractivity contribution in [2.75, 3.05) is 44.2 Å². The maximum absolute atomic E-state index is 5.63. The molecule has 0 bridgehead atoms. The fourth-order valence-electron chi connectivity index (χ4n) is 1.80. The molecule has 0 aliphatic heterocycles. The molecule has 0 aromatic carbocycles. The number of nitrogens with one attached hydrogen (secondary N) is 1. The van der Waals surface area contributed by atoms with Gasteiger partial charge in [0.25, 0.3) is 0 Å². The lowest BCUT2D eigenvalue weighted by atomic mass is 10.4. The molecule has 0 spiro atoms. The van der Waals surface area contributed by atoms with Crippen LogP contribution >= 0.6 is 0 Å². The molecule has 112 valence electrons. The maximum atomic E-state index is 5.63. The van der Waals surface area contributed by atoms with E-state index in [0.29, 0.717) is 24.9 Å². The Hall–Kier alpha value is -1.44. The first kappa shape index (κ1) is 15.0. The van der Waals surface area contributed by atoms with Gasteiger partial charge < -0.3 is 19.8 Å². The number of hydrogen-bond acceptors (Lipinski definition) is 7. The van der Waals surface area contributed by atoms with E-state index in [1.807, 2.05) is 11.9 Å². The molecule has 1 aromatic heterocycles. The number of nitrogens with zero attached hydrogens (tertiary/aromatic N) is 3. The van der Waals surface area contributed by atoms with Gasteiger partial charge in [-0.05, 0) is 18.8 Å². The average molecular weight is 281 g/mol. The third-order valence-corrected chi connectivity index (χ3v) is 3.19. The Balaban J connectivity index is 1.88. The minimum absolute atomic E-state index is 0.356. The van der Waals surface area contributed by atoms with E-state index < -0.39 is 0 Å². The van der Waals surface area contributed by atoms with Gasteiger partial charge in [-0.2, -0.15) is 0 Å². The first-order valence-corrected chi connectivity index (χ1v) is 6.85. The van der Waals surface area contributed by atoms with Crippen molar-refractivity contribution >= 4 is 11.6 Å². The predicted octanol–water partition coefficient (Wildman–Crippen LogP) is 0.771. The van der Waals surface area contributed by atoms with Crippen LogP contribution in [0, 0.1) is 5.92 Å². The zero-order valence-electron chi connectivity index (χ0n) is 12.1. The maximum Gasteiger partial charge on any atom is 0.158 e. The summed E-state index contributed by atoms with van der Waals surface area (Å²) in [5, 5.41) is 0. The fraction of sp³-hybridized carbons (Fsp3) is 0.692. The van der Waals surface area contributed by atoms with Crippen LogP contribution < -0.4 is 16.2 Å². The van der Waals surface area contributed by atoms with Crippen molar-refractivity contribution in [1.82, 2.24) is 9.97 Å². The van der Waals surface area contributed by atoms with Crippen LogP contribution in [0.3, 0.4) is 0 Å². The summed E-state index contributed by atoms with van der Waals surface area (Å²) in [5.41, 5.74) is 2.55. The van der Waals surface area contributed by atoms with Crippen LogP contribution in [0.25, 0.3) is 0 Å². The molecule has 20 heavy (non-hydrogen) atoms. The molecule has 0 atom stereocenters. The molecule has 0 amide bonds. The van der Waals surface area contributed by atoms with Gasteiger partial charge >= 0.3 is 0 Å². The highest BCUT2D eigenvalue weighted by atomic mass is 16.5.